The smallest absolute Gasteiger partial charge is 0.261 e. The van der Waals surface area contributed by atoms with E-state index in [0.29, 0.717) is 23.7 Å². The molecule has 0 saturated carbocycles. The SMILES string of the molecule is C=CCC1CCCCc2nc3cc(C#CC4=CC=C(F)CC4)ccc3c(=O)n21. The topological polar surface area (TPSA) is 34.9 Å². The Bertz CT molecular complexity index is 1110. The zero-order valence-corrected chi connectivity index (χ0v) is 15.9. The van der Waals surface area contributed by atoms with E-state index < -0.39 is 0 Å². The Morgan fingerprint density at radius 3 is 2.89 bits per heavy atom. The molecule has 1 aliphatic carbocycles. The Hall–Kier alpha value is -2.93. The summed E-state index contributed by atoms with van der Waals surface area (Å²) in [6.07, 6.45) is 10.9. The Kier molecular flexibility index (Phi) is 5.25. The molecule has 0 spiro atoms. The number of aryl methyl sites for hydroxylation is 1. The predicted octanol–water partition coefficient (Wildman–Crippen LogP) is 5.17. The minimum Gasteiger partial charge on any atom is -0.293 e. The molecule has 2 aliphatic rings. The second-order valence-corrected chi connectivity index (χ2v) is 7.41. The van der Waals surface area contributed by atoms with Crippen molar-refractivity contribution in [2.24, 2.45) is 0 Å². The molecule has 0 fully saturated rings. The highest BCUT2D eigenvalue weighted by molar-refractivity contribution is 5.79. The number of aromatic nitrogens is 2. The van der Waals surface area contributed by atoms with E-state index in [1.165, 1.54) is 6.08 Å². The number of allylic oxidation sites excluding steroid dienone is 5. The second kappa shape index (κ2) is 7.98. The second-order valence-electron chi connectivity index (χ2n) is 7.41. The van der Waals surface area contributed by atoms with E-state index in [0.717, 1.165) is 49.1 Å². The van der Waals surface area contributed by atoms with Crippen LogP contribution in [0.4, 0.5) is 4.39 Å². The fourth-order valence-corrected chi connectivity index (χ4v) is 3.95. The van der Waals surface area contributed by atoms with Crippen molar-refractivity contribution in [3.05, 3.63) is 76.1 Å². The summed E-state index contributed by atoms with van der Waals surface area (Å²) in [6, 6.07) is 5.72. The molecule has 1 aromatic carbocycles. The van der Waals surface area contributed by atoms with E-state index in [9.17, 15) is 9.18 Å². The minimum atomic E-state index is -0.101. The van der Waals surface area contributed by atoms with Crippen molar-refractivity contribution in [1.29, 1.82) is 0 Å². The first-order valence-corrected chi connectivity index (χ1v) is 9.89. The van der Waals surface area contributed by atoms with Crippen LogP contribution in [0.5, 0.6) is 0 Å². The molecule has 0 bridgehead atoms. The molecule has 0 amide bonds. The first kappa shape index (κ1) is 18.4. The van der Waals surface area contributed by atoms with Gasteiger partial charge in [0.05, 0.1) is 10.9 Å². The maximum Gasteiger partial charge on any atom is 0.261 e. The highest BCUT2D eigenvalue weighted by atomic mass is 19.1. The Labute approximate surface area is 164 Å². The number of benzene rings is 1. The zero-order valence-electron chi connectivity index (χ0n) is 15.9. The highest BCUT2D eigenvalue weighted by Crippen LogP contribution is 2.26. The molecule has 1 atom stereocenters. The van der Waals surface area contributed by atoms with Crippen molar-refractivity contribution in [2.45, 2.75) is 51.0 Å². The number of nitrogens with zero attached hydrogens (tertiary/aromatic N) is 2. The van der Waals surface area contributed by atoms with Crippen LogP contribution in [0.15, 0.2) is 59.2 Å². The van der Waals surface area contributed by atoms with E-state index in [1.54, 1.807) is 6.08 Å². The normalized spacial score (nSPS) is 19.0. The number of halogens is 1. The van der Waals surface area contributed by atoms with Crippen LogP contribution in [0.25, 0.3) is 10.9 Å². The molecule has 0 radical (unpaired) electrons. The first-order valence-electron chi connectivity index (χ1n) is 9.89. The van der Waals surface area contributed by atoms with Gasteiger partial charge in [-0.1, -0.05) is 24.3 Å². The van der Waals surface area contributed by atoms with Crippen LogP contribution in [0.2, 0.25) is 0 Å². The third kappa shape index (κ3) is 3.71. The van der Waals surface area contributed by atoms with E-state index in [2.05, 4.69) is 18.4 Å². The molecule has 4 heteroatoms. The fourth-order valence-electron chi connectivity index (χ4n) is 3.95. The summed E-state index contributed by atoms with van der Waals surface area (Å²) in [4.78, 5) is 18.0. The van der Waals surface area contributed by atoms with Crippen molar-refractivity contribution >= 4 is 10.9 Å². The molecule has 0 saturated heterocycles. The van der Waals surface area contributed by atoms with Crippen LogP contribution in [0.3, 0.4) is 0 Å². The minimum absolute atomic E-state index is 0.0314. The van der Waals surface area contributed by atoms with E-state index >= 15 is 0 Å². The van der Waals surface area contributed by atoms with Gasteiger partial charge in [-0.15, -0.1) is 6.58 Å². The molecule has 2 aromatic rings. The van der Waals surface area contributed by atoms with Gasteiger partial charge in [0.2, 0.25) is 0 Å². The van der Waals surface area contributed by atoms with E-state index in [1.807, 2.05) is 28.8 Å². The monoisotopic (exact) mass is 374 g/mol. The van der Waals surface area contributed by atoms with Crippen molar-refractivity contribution < 1.29 is 4.39 Å². The summed E-state index contributed by atoms with van der Waals surface area (Å²) in [7, 11) is 0. The van der Waals surface area contributed by atoms with Gasteiger partial charge in [0, 0.05) is 30.0 Å². The average Bonchev–Trinajstić information content (AvgIpc) is 2.90. The molecule has 1 aliphatic heterocycles. The van der Waals surface area contributed by atoms with Crippen molar-refractivity contribution in [3.8, 4) is 11.8 Å². The van der Waals surface area contributed by atoms with Crippen molar-refractivity contribution in [3.63, 3.8) is 0 Å². The van der Waals surface area contributed by atoms with Gasteiger partial charge in [0.1, 0.15) is 11.7 Å². The quantitative estimate of drug-likeness (QED) is 0.537. The lowest BCUT2D eigenvalue weighted by Gasteiger charge is -2.19. The van der Waals surface area contributed by atoms with Gasteiger partial charge in [-0.3, -0.25) is 9.36 Å². The van der Waals surface area contributed by atoms with Gasteiger partial charge in [-0.05, 0) is 56.0 Å². The summed E-state index contributed by atoms with van der Waals surface area (Å²) in [5.74, 6) is 7.00. The van der Waals surface area contributed by atoms with Crippen LogP contribution in [-0.2, 0) is 6.42 Å². The zero-order chi connectivity index (χ0) is 19.5. The summed E-state index contributed by atoms with van der Waals surface area (Å²) >= 11 is 0. The number of rotatable bonds is 2. The molecule has 1 unspecified atom stereocenters. The van der Waals surface area contributed by atoms with Gasteiger partial charge >= 0.3 is 0 Å². The molecule has 3 nitrogen and oxygen atoms in total. The van der Waals surface area contributed by atoms with Crippen LogP contribution >= 0.6 is 0 Å². The summed E-state index contributed by atoms with van der Waals surface area (Å²) < 4.78 is 15.0. The number of hydrogen-bond acceptors (Lipinski definition) is 2. The van der Waals surface area contributed by atoms with Crippen molar-refractivity contribution in [1.82, 2.24) is 9.55 Å². The largest absolute Gasteiger partial charge is 0.293 e. The van der Waals surface area contributed by atoms with Crippen LogP contribution in [-0.4, -0.2) is 9.55 Å². The summed E-state index contributed by atoms with van der Waals surface area (Å²) in [5, 5.41) is 0.632. The lowest BCUT2D eigenvalue weighted by molar-refractivity contribution is 0.454. The van der Waals surface area contributed by atoms with Crippen LogP contribution in [0.1, 0.15) is 56.0 Å². The molecule has 0 N–H and O–H groups in total. The van der Waals surface area contributed by atoms with Gasteiger partial charge in [0.15, 0.2) is 0 Å². The average molecular weight is 374 g/mol. The third-order valence-electron chi connectivity index (χ3n) is 5.43. The molecule has 4 rings (SSSR count). The Morgan fingerprint density at radius 2 is 2.11 bits per heavy atom. The molecular formula is C24H23FN2O. The van der Waals surface area contributed by atoms with Gasteiger partial charge < -0.3 is 0 Å². The molecule has 142 valence electrons. The summed E-state index contributed by atoms with van der Waals surface area (Å²) in [5.41, 5.74) is 2.47. The molecule has 2 heterocycles. The van der Waals surface area contributed by atoms with Gasteiger partial charge in [-0.2, -0.15) is 0 Å². The lowest BCUT2D eigenvalue weighted by atomic mass is 10.0. The first-order chi connectivity index (χ1) is 13.7. The molecule has 1 aromatic heterocycles. The summed E-state index contributed by atoms with van der Waals surface area (Å²) in [6.45, 7) is 3.85. The molecule has 28 heavy (non-hydrogen) atoms. The van der Waals surface area contributed by atoms with Gasteiger partial charge in [-0.25, -0.2) is 9.37 Å². The van der Waals surface area contributed by atoms with E-state index in [4.69, 9.17) is 4.98 Å². The van der Waals surface area contributed by atoms with E-state index in [-0.39, 0.29) is 17.4 Å². The van der Waals surface area contributed by atoms with Gasteiger partial charge in [0.25, 0.3) is 5.56 Å². The van der Waals surface area contributed by atoms with Crippen LogP contribution < -0.4 is 5.56 Å². The maximum absolute atomic E-state index is 13.2. The molecular weight excluding hydrogens is 351 g/mol. The number of hydrogen-bond donors (Lipinski definition) is 0. The van der Waals surface area contributed by atoms with Crippen LogP contribution in [0, 0.1) is 11.8 Å². The fraction of sp³-hybridized carbons (Fsp3) is 0.333. The predicted molar refractivity (Wildman–Crippen MR) is 111 cm³/mol. The Balaban J connectivity index is 1.75. The van der Waals surface area contributed by atoms with Crippen molar-refractivity contribution in [2.75, 3.05) is 0 Å². The number of fused-ring (bicyclic) bond motifs is 2. The Morgan fingerprint density at radius 1 is 1.21 bits per heavy atom. The lowest BCUT2D eigenvalue weighted by Crippen LogP contribution is -2.28. The maximum atomic E-state index is 13.2. The highest BCUT2D eigenvalue weighted by Gasteiger charge is 2.21. The standard InChI is InChI=1S/C24H23FN2O/c1-2-5-20-6-3-4-7-23-26-22-16-18(12-15-21(22)24(28)27(20)23)9-8-17-10-13-19(25)14-11-17/h2,10,12-13,15-16,20H,1,3-7,11,14H2. The third-order valence-corrected chi connectivity index (χ3v) is 5.43.